The van der Waals surface area contributed by atoms with Crippen LogP contribution in [0.15, 0.2) is 42.6 Å². The first kappa shape index (κ1) is 18.1. The van der Waals surface area contributed by atoms with Gasteiger partial charge in [-0.05, 0) is 62.7 Å². The molecular weight excluding hydrogens is 359 g/mol. The van der Waals surface area contributed by atoms with Gasteiger partial charge in [0.05, 0.1) is 5.54 Å². The van der Waals surface area contributed by atoms with E-state index in [1.807, 2.05) is 32.9 Å². The predicted octanol–water partition coefficient (Wildman–Crippen LogP) is 2.77. The molecule has 144 valence electrons. The Kier molecular flexibility index (Phi) is 4.15. The van der Waals surface area contributed by atoms with Gasteiger partial charge in [-0.15, -0.1) is 0 Å². The minimum absolute atomic E-state index is 0.0851. The van der Waals surface area contributed by atoms with Gasteiger partial charge in [0, 0.05) is 11.8 Å². The Bertz CT molecular complexity index is 1060. The highest BCUT2D eigenvalue weighted by Gasteiger charge is 2.37. The van der Waals surface area contributed by atoms with Gasteiger partial charge in [-0.2, -0.15) is 0 Å². The lowest BCUT2D eigenvalue weighted by Crippen LogP contribution is -2.49. The number of hydrogen-bond donors (Lipinski definition) is 2. The first-order valence-corrected chi connectivity index (χ1v) is 8.92. The summed E-state index contributed by atoms with van der Waals surface area (Å²) in [6.45, 7) is 5.80. The Labute approximate surface area is 162 Å². The third-order valence-corrected chi connectivity index (χ3v) is 4.75. The van der Waals surface area contributed by atoms with E-state index in [1.165, 1.54) is 17.1 Å². The van der Waals surface area contributed by atoms with Crippen molar-refractivity contribution in [3.8, 4) is 11.3 Å². The molecule has 1 aliphatic rings. The molecule has 0 aliphatic carbocycles. The molecule has 0 bridgehead atoms. The second-order valence-electron chi connectivity index (χ2n) is 7.44. The van der Waals surface area contributed by atoms with E-state index < -0.39 is 5.54 Å². The quantitative estimate of drug-likeness (QED) is 0.539. The van der Waals surface area contributed by atoms with Crippen LogP contribution in [0.3, 0.4) is 0 Å². The van der Waals surface area contributed by atoms with Gasteiger partial charge in [-0.3, -0.25) is 4.79 Å². The molecule has 1 aliphatic heterocycles. The zero-order chi connectivity index (χ0) is 20.1. The number of nitrogens with zero attached hydrogens (tertiary/aromatic N) is 4. The van der Waals surface area contributed by atoms with E-state index in [0.717, 1.165) is 5.56 Å². The van der Waals surface area contributed by atoms with Gasteiger partial charge in [0.15, 0.2) is 5.82 Å². The van der Waals surface area contributed by atoms with E-state index in [1.54, 1.807) is 22.9 Å². The minimum atomic E-state index is -0.677. The van der Waals surface area contributed by atoms with E-state index >= 15 is 0 Å². The van der Waals surface area contributed by atoms with Crippen molar-refractivity contribution in [3.05, 3.63) is 59.8 Å². The van der Waals surface area contributed by atoms with E-state index in [0.29, 0.717) is 28.7 Å². The number of imidazole rings is 1. The third kappa shape index (κ3) is 3.01. The molecule has 0 unspecified atom stereocenters. The Balaban J connectivity index is 1.96. The number of halogens is 1. The number of benzene rings is 1. The molecule has 0 saturated carbocycles. The van der Waals surface area contributed by atoms with Crippen LogP contribution in [-0.2, 0) is 16.9 Å². The summed E-state index contributed by atoms with van der Waals surface area (Å²) in [5.74, 6) is 7.72. The number of aromatic nitrogens is 3. The van der Waals surface area contributed by atoms with Gasteiger partial charge in [-0.1, -0.05) is 0 Å². The van der Waals surface area contributed by atoms with Crippen LogP contribution in [-0.4, -0.2) is 20.4 Å². The van der Waals surface area contributed by atoms with Gasteiger partial charge in [-0.25, -0.2) is 25.2 Å². The fourth-order valence-corrected chi connectivity index (χ4v) is 3.46. The van der Waals surface area contributed by atoms with Crippen molar-refractivity contribution in [2.45, 2.75) is 32.9 Å². The molecule has 0 fully saturated rings. The number of nitrogens with one attached hydrogen (secondary N) is 1. The fraction of sp³-hybridized carbons (Fsp3) is 0.250. The third-order valence-electron chi connectivity index (χ3n) is 4.75. The molecule has 4 rings (SSSR count). The van der Waals surface area contributed by atoms with Crippen molar-refractivity contribution >= 4 is 17.5 Å². The molecule has 8 heteroatoms. The average molecular weight is 380 g/mol. The van der Waals surface area contributed by atoms with Crippen LogP contribution in [0.4, 0.5) is 16.0 Å². The summed E-state index contributed by atoms with van der Waals surface area (Å²) in [7, 11) is 0. The number of pyridine rings is 1. The van der Waals surface area contributed by atoms with Crippen molar-refractivity contribution in [3.63, 3.8) is 0 Å². The van der Waals surface area contributed by atoms with E-state index in [2.05, 4.69) is 10.3 Å². The van der Waals surface area contributed by atoms with Gasteiger partial charge in [0.25, 0.3) is 0 Å². The van der Waals surface area contributed by atoms with Gasteiger partial charge in [0.2, 0.25) is 5.91 Å². The molecule has 3 aromatic rings. The van der Waals surface area contributed by atoms with E-state index in [-0.39, 0.29) is 18.3 Å². The normalized spacial score (nSPS) is 15.1. The number of hydrazine groups is 1. The lowest BCUT2D eigenvalue weighted by molar-refractivity contribution is -0.124. The van der Waals surface area contributed by atoms with E-state index in [9.17, 15) is 9.18 Å². The summed E-state index contributed by atoms with van der Waals surface area (Å²) in [5, 5.41) is 4.37. The number of amides is 1. The topological polar surface area (TPSA) is 89.1 Å². The molecule has 3 N–H and O–H groups in total. The molecule has 3 heterocycles. The summed E-state index contributed by atoms with van der Waals surface area (Å²) in [5.41, 5.74) is 1.58. The van der Waals surface area contributed by atoms with Crippen molar-refractivity contribution in [2.75, 3.05) is 5.01 Å². The van der Waals surface area contributed by atoms with Crippen molar-refractivity contribution in [2.24, 2.45) is 5.84 Å². The van der Waals surface area contributed by atoms with Crippen LogP contribution in [0.2, 0.25) is 0 Å². The van der Waals surface area contributed by atoms with Crippen LogP contribution in [0.5, 0.6) is 0 Å². The highest BCUT2D eigenvalue weighted by atomic mass is 19.1. The number of anilines is 2. The summed E-state index contributed by atoms with van der Waals surface area (Å²) < 4.78 is 15.2. The maximum absolute atomic E-state index is 13.4. The Morgan fingerprint density at radius 3 is 2.64 bits per heavy atom. The molecule has 0 spiro atoms. The number of carbonyl (C=O) groups is 1. The standard InChI is InChI=1S/C20H21FN6O/c1-12-8-9-23-15(10-12)27(22)18-17(13-4-6-14(21)7-5-13)24-19-20(2,3)25-16(28)11-26(18)19/h4-10H,11,22H2,1-3H3,(H,25,28). The predicted molar refractivity (Wildman–Crippen MR) is 104 cm³/mol. The number of fused-ring (bicyclic) bond motifs is 1. The molecule has 28 heavy (non-hydrogen) atoms. The second-order valence-corrected chi connectivity index (χ2v) is 7.44. The molecule has 0 radical (unpaired) electrons. The highest BCUT2D eigenvalue weighted by Crippen LogP contribution is 2.38. The van der Waals surface area contributed by atoms with Gasteiger partial charge in [0.1, 0.15) is 29.7 Å². The molecule has 1 amide bonds. The summed E-state index contributed by atoms with van der Waals surface area (Å²) in [4.78, 5) is 21.4. The fourth-order valence-electron chi connectivity index (χ4n) is 3.46. The second kappa shape index (κ2) is 6.42. The first-order chi connectivity index (χ1) is 13.3. The van der Waals surface area contributed by atoms with Gasteiger partial charge < -0.3 is 9.88 Å². The van der Waals surface area contributed by atoms with Crippen molar-refractivity contribution < 1.29 is 9.18 Å². The summed E-state index contributed by atoms with van der Waals surface area (Å²) in [6.07, 6.45) is 1.67. The lowest BCUT2D eigenvalue weighted by Gasteiger charge is -2.32. The molecule has 0 atom stereocenters. The maximum Gasteiger partial charge on any atom is 0.240 e. The largest absolute Gasteiger partial charge is 0.342 e. The Morgan fingerprint density at radius 2 is 1.96 bits per heavy atom. The molecule has 2 aromatic heterocycles. The van der Waals surface area contributed by atoms with Crippen LogP contribution in [0, 0.1) is 12.7 Å². The number of rotatable bonds is 3. The minimum Gasteiger partial charge on any atom is -0.342 e. The van der Waals surface area contributed by atoms with E-state index in [4.69, 9.17) is 10.8 Å². The molecular formula is C20H21FN6O. The van der Waals surface area contributed by atoms with Crippen LogP contribution < -0.4 is 16.2 Å². The Hall–Kier alpha value is -3.26. The summed E-state index contributed by atoms with van der Waals surface area (Å²) >= 11 is 0. The van der Waals surface area contributed by atoms with Gasteiger partial charge >= 0.3 is 0 Å². The maximum atomic E-state index is 13.4. The number of hydrogen-bond acceptors (Lipinski definition) is 5. The number of nitrogens with two attached hydrogens (primary N) is 1. The first-order valence-electron chi connectivity index (χ1n) is 8.92. The average Bonchev–Trinajstić information content (AvgIpc) is 3.01. The Morgan fingerprint density at radius 1 is 1.25 bits per heavy atom. The molecule has 1 aromatic carbocycles. The smallest absolute Gasteiger partial charge is 0.240 e. The van der Waals surface area contributed by atoms with Crippen molar-refractivity contribution in [1.82, 2.24) is 19.9 Å². The zero-order valence-corrected chi connectivity index (χ0v) is 15.9. The van der Waals surface area contributed by atoms with Crippen molar-refractivity contribution in [1.29, 1.82) is 0 Å². The zero-order valence-electron chi connectivity index (χ0n) is 15.9. The molecule has 7 nitrogen and oxygen atoms in total. The molecule has 0 saturated heterocycles. The highest BCUT2D eigenvalue weighted by molar-refractivity contribution is 5.83. The van der Waals surface area contributed by atoms with Crippen LogP contribution in [0.25, 0.3) is 11.3 Å². The monoisotopic (exact) mass is 380 g/mol. The summed E-state index contributed by atoms with van der Waals surface area (Å²) in [6, 6.07) is 9.76. The SMILES string of the molecule is Cc1ccnc(N(N)c2c(-c3ccc(F)cc3)nc3n2CC(=O)NC3(C)C)c1. The lowest BCUT2D eigenvalue weighted by atomic mass is 10.0. The number of aryl methyl sites for hydroxylation is 1. The number of carbonyl (C=O) groups excluding carboxylic acids is 1. The van der Waals surface area contributed by atoms with Crippen LogP contribution >= 0.6 is 0 Å². The van der Waals surface area contributed by atoms with Crippen LogP contribution in [0.1, 0.15) is 25.2 Å².